The molecule has 0 N–H and O–H groups in total. The summed E-state index contributed by atoms with van der Waals surface area (Å²) >= 11 is 0. The van der Waals surface area contributed by atoms with Gasteiger partial charge in [-0.1, -0.05) is 0 Å². The zero-order chi connectivity index (χ0) is 10.4. The van der Waals surface area contributed by atoms with Crippen LogP contribution in [-0.2, 0) is 14.3 Å². The fourth-order valence-corrected chi connectivity index (χ4v) is 1.15. The first-order chi connectivity index (χ1) is 6.58. The van der Waals surface area contributed by atoms with Crippen molar-refractivity contribution in [2.24, 2.45) is 0 Å². The van der Waals surface area contributed by atoms with E-state index in [4.69, 9.17) is 4.74 Å². The fourth-order valence-electron chi connectivity index (χ4n) is 0.779. The van der Waals surface area contributed by atoms with Crippen LogP contribution in [0.25, 0.3) is 0 Å². The molecule has 0 saturated carbocycles. The van der Waals surface area contributed by atoms with Crippen molar-refractivity contribution in [3.8, 4) is 5.75 Å². The molecule has 0 fully saturated rings. The highest BCUT2D eigenvalue weighted by Crippen LogP contribution is 2.06. The number of hydrogen-bond acceptors (Lipinski definition) is 5. The van der Waals surface area contributed by atoms with E-state index in [1.807, 2.05) is 0 Å². The summed E-state index contributed by atoms with van der Waals surface area (Å²) in [5.74, 6) is 0.636. The molecular formula is C8H11NO4S. The van der Waals surface area contributed by atoms with Crippen LogP contribution in [0.1, 0.15) is 0 Å². The van der Waals surface area contributed by atoms with Crippen LogP contribution >= 0.6 is 0 Å². The van der Waals surface area contributed by atoms with Gasteiger partial charge in [-0.25, -0.2) is 0 Å². The lowest BCUT2D eigenvalue weighted by Gasteiger charge is -2.04. The number of rotatable bonds is 5. The van der Waals surface area contributed by atoms with Gasteiger partial charge >= 0.3 is 0 Å². The highest BCUT2D eigenvalue weighted by atomic mass is 32.2. The molecule has 5 nitrogen and oxygen atoms in total. The predicted molar refractivity (Wildman–Crippen MR) is 50.5 cm³/mol. The first-order valence-electron chi connectivity index (χ1n) is 3.95. The molecule has 1 rings (SSSR count). The Morgan fingerprint density at radius 1 is 1.29 bits per heavy atom. The van der Waals surface area contributed by atoms with Gasteiger partial charge in [0.2, 0.25) is 0 Å². The van der Waals surface area contributed by atoms with Gasteiger partial charge in [0.25, 0.3) is 10.1 Å². The highest BCUT2D eigenvalue weighted by molar-refractivity contribution is 7.85. The summed E-state index contributed by atoms with van der Waals surface area (Å²) in [6.07, 6.45) is 4.18. The Bertz CT molecular complexity index is 362. The Morgan fingerprint density at radius 3 is 2.50 bits per heavy atom. The molecule has 0 spiro atoms. The lowest BCUT2D eigenvalue weighted by atomic mass is 10.4. The lowest BCUT2D eigenvalue weighted by molar-refractivity contribution is 0.222. The second-order valence-corrected chi connectivity index (χ2v) is 4.20. The van der Waals surface area contributed by atoms with E-state index >= 15 is 0 Å². The second-order valence-electron chi connectivity index (χ2n) is 2.56. The molecule has 78 valence electrons. The van der Waals surface area contributed by atoms with Crippen LogP contribution in [0, 0.1) is 0 Å². The molecule has 0 aromatic carbocycles. The first-order valence-corrected chi connectivity index (χ1v) is 5.77. The van der Waals surface area contributed by atoms with Crippen molar-refractivity contribution in [1.82, 2.24) is 4.98 Å². The smallest absolute Gasteiger partial charge is 0.264 e. The molecular weight excluding hydrogens is 206 g/mol. The maximum atomic E-state index is 10.6. The van der Waals surface area contributed by atoms with Gasteiger partial charge in [-0.15, -0.1) is 0 Å². The summed E-state index contributed by atoms with van der Waals surface area (Å²) < 4.78 is 30.8. The second kappa shape index (κ2) is 4.92. The number of aromatic nitrogens is 1. The molecule has 0 radical (unpaired) electrons. The fraction of sp³-hybridized carbons (Fsp3) is 0.375. The molecule has 14 heavy (non-hydrogen) atoms. The van der Waals surface area contributed by atoms with E-state index in [9.17, 15) is 8.42 Å². The van der Waals surface area contributed by atoms with Crippen molar-refractivity contribution >= 4 is 10.1 Å². The Balaban J connectivity index is 2.23. The molecule has 0 atom stereocenters. The molecule has 6 heteroatoms. The quantitative estimate of drug-likeness (QED) is 0.528. The van der Waals surface area contributed by atoms with Gasteiger partial charge < -0.3 is 4.74 Å². The molecule has 0 unspecified atom stereocenters. The van der Waals surface area contributed by atoms with Crippen molar-refractivity contribution in [3.05, 3.63) is 24.5 Å². The van der Waals surface area contributed by atoms with Crippen LogP contribution in [0.3, 0.4) is 0 Å². The molecule has 1 aromatic rings. The topological polar surface area (TPSA) is 65.5 Å². The van der Waals surface area contributed by atoms with Crippen molar-refractivity contribution in [1.29, 1.82) is 0 Å². The third-order valence-corrected chi connectivity index (χ3v) is 1.89. The largest absolute Gasteiger partial charge is 0.491 e. The molecule has 0 bridgehead atoms. The van der Waals surface area contributed by atoms with Crippen LogP contribution in [0.2, 0.25) is 0 Å². The maximum absolute atomic E-state index is 10.6. The first kappa shape index (κ1) is 10.9. The van der Waals surface area contributed by atoms with E-state index in [0.29, 0.717) is 5.75 Å². The highest BCUT2D eigenvalue weighted by Gasteiger charge is 2.00. The summed E-state index contributed by atoms with van der Waals surface area (Å²) in [6.45, 7) is 0.207. The molecule has 1 aromatic heterocycles. The van der Waals surface area contributed by atoms with E-state index in [1.165, 1.54) is 0 Å². The maximum Gasteiger partial charge on any atom is 0.264 e. The molecule has 0 saturated heterocycles. The van der Waals surface area contributed by atoms with Crippen LogP contribution in [0.15, 0.2) is 24.5 Å². The third-order valence-electron chi connectivity index (χ3n) is 1.30. The summed E-state index contributed by atoms with van der Waals surface area (Å²) in [5.41, 5.74) is 0. The van der Waals surface area contributed by atoms with Gasteiger partial charge in [0.1, 0.15) is 19.0 Å². The summed E-state index contributed by atoms with van der Waals surface area (Å²) in [5, 5.41) is 0. The van der Waals surface area contributed by atoms with Crippen LogP contribution in [0.4, 0.5) is 0 Å². The standard InChI is InChI=1S/C8H11NO4S/c1-14(10,11)13-7-6-12-8-2-4-9-5-3-8/h2-5H,6-7H2,1H3. The molecule has 1 heterocycles. The minimum atomic E-state index is -3.37. The van der Waals surface area contributed by atoms with Crippen molar-refractivity contribution in [2.75, 3.05) is 19.5 Å². The Morgan fingerprint density at radius 2 is 1.93 bits per heavy atom. The Kier molecular flexibility index (Phi) is 3.84. The van der Waals surface area contributed by atoms with Gasteiger partial charge in [-0.3, -0.25) is 9.17 Å². The number of hydrogen-bond donors (Lipinski definition) is 0. The number of ether oxygens (including phenoxy) is 1. The molecule has 0 aliphatic carbocycles. The van der Waals surface area contributed by atoms with E-state index in [-0.39, 0.29) is 13.2 Å². The van der Waals surface area contributed by atoms with Crippen LogP contribution in [0.5, 0.6) is 5.75 Å². The van der Waals surface area contributed by atoms with E-state index in [0.717, 1.165) is 6.26 Å². The molecule has 0 aliphatic heterocycles. The van der Waals surface area contributed by atoms with Gasteiger partial charge in [0.15, 0.2) is 0 Å². The zero-order valence-electron chi connectivity index (χ0n) is 7.71. The molecule has 0 aliphatic rings. The average molecular weight is 217 g/mol. The van der Waals surface area contributed by atoms with Gasteiger partial charge in [-0.05, 0) is 12.1 Å². The minimum absolute atomic E-state index is 0.0150. The third kappa shape index (κ3) is 4.78. The zero-order valence-corrected chi connectivity index (χ0v) is 8.53. The van der Waals surface area contributed by atoms with E-state index in [1.54, 1.807) is 24.5 Å². The van der Waals surface area contributed by atoms with Gasteiger partial charge in [0.05, 0.1) is 6.26 Å². The number of nitrogens with zero attached hydrogens (tertiary/aromatic N) is 1. The van der Waals surface area contributed by atoms with Crippen LogP contribution in [-0.4, -0.2) is 32.9 Å². The van der Waals surface area contributed by atoms with Crippen LogP contribution < -0.4 is 4.74 Å². The van der Waals surface area contributed by atoms with Crippen molar-refractivity contribution in [2.45, 2.75) is 0 Å². The average Bonchev–Trinajstić information content (AvgIpc) is 2.13. The number of pyridine rings is 1. The normalized spacial score (nSPS) is 11.2. The summed E-state index contributed by atoms with van der Waals surface area (Å²) in [4.78, 5) is 3.81. The van der Waals surface area contributed by atoms with Crippen molar-refractivity contribution < 1.29 is 17.3 Å². The van der Waals surface area contributed by atoms with Gasteiger partial charge in [-0.2, -0.15) is 8.42 Å². The lowest BCUT2D eigenvalue weighted by Crippen LogP contribution is -2.11. The minimum Gasteiger partial charge on any atom is -0.491 e. The van der Waals surface area contributed by atoms with Crippen molar-refractivity contribution in [3.63, 3.8) is 0 Å². The SMILES string of the molecule is CS(=O)(=O)OCCOc1ccncc1. The Labute approximate surface area is 82.8 Å². The van der Waals surface area contributed by atoms with Gasteiger partial charge in [0, 0.05) is 12.4 Å². The Hall–Kier alpha value is -1.14. The predicted octanol–water partition coefficient (Wildman–Crippen LogP) is 0.437. The summed E-state index contributed by atoms with van der Waals surface area (Å²) in [7, 11) is -3.37. The molecule has 0 amide bonds. The monoisotopic (exact) mass is 217 g/mol. The summed E-state index contributed by atoms with van der Waals surface area (Å²) in [6, 6.07) is 3.36. The van der Waals surface area contributed by atoms with E-state index < -0.39 is 10.1 Å². The van der Waals surface area contributed by atoms with E-state index in [2.05, 4.69) is 9.17 Å².